The van der Waals surface area contributed by atoms with Crippen LogP contribution < -0.4 is 34.7 Å². The van der Waals surface area contributed by atoms with Gasteiger partial charge in [0.15, 0.2) is 0 Å². The monoisotopic (exact) mass is 300 g/mol. The summed E-state index contributed by atoms with van der Waals surface area (Å²) in [5.41, 5.74) is -1.01. The fourth-order valence-electron chi connectivity index (χ4n) is 2.30. The predicted molar refractivity (Wildman–Crippen MR) is 78.1 cm³/mol. The average molecular weight is 300 g/mol. The van der Waals surface area contributed by atoms with E-state index in [1.807, 2.05) is 47.6 Å². The van der Waals surface area contributed by atoms with Crippen LogP contribution in [-0.2, 0) is 15.8 Å². The number of hydrogen-bond acceptors (Lipinski definition) is 3. The molecular weight excluding hydrogens is 275 g/mol. The van der Waals surface area contributed by atoms with Crippen molar-refractivity contribution in [3.8, 4) is 0 Å². The van der Waals surface area contributed by atoms with Gasteiger partial charge in [-0.3, -0.25) is 0 Å². The van der Waals surface area contributed by atoms with Crippen LogP contribution in [0.5, 0.6) is 0 Å². The number of carboxylic acid groups (broad SMARTS) is 1. The van der Waals surface area contributed by atoms with Gasteiger partial charge >= 0.3 is 29.6 Å². The molecule has 0 saturated carbocycles. The molecule has 4 heteroatoms. The molecule has 1 aromatic carbocycles. The smallest absolute Gasteiger partial charge is 0.547 e. The predicted octanol–water partition coefficient (Wildman–Crippen LogP) is -0.638. The standard InChI is InChI=1S/C17H26O3.Na/c1-15(2,3)11-17(20,14(18)19)13-9-7-8-12(10-13)16(4,5)6;/h7-10,20H,11H2,1-6H3,(H,18,19);/q;+1/p-1. The number of aliphatic hydroxyl groups is 1. The van der Waals surface area contributed by atoms with E-state index in [-0.39, 0.29) is 46.8 Å². The summed E-state index contributed by atoms with van der Waals surface area (Å²) in [5, 5.41) is 22.1. The summed E-state index contributed by atoms with van der Waals surface area (Å²) in [6, 6.07) is 7.14. The molecule has 1 atom stereocenters. The van der Waals surface area contributed by atoms with Crippen LogP contribution in [0.3, 0.4) is 0 Å². The number of carbonyl (C=O) groups is 1. The van der Waals surface area contributed by atoms with Crippen molar-refractivity contribution < 1.29 is 44.6 Å². The van der Waals surface area contributed by atoms with Gasteiger partial charge in [0, 0.05) is 0 Å². The van der Waals surface area contributed by atoms with Crippen LogP contribution in [0.2, 0.25) is 0 Å². The molecule has 0 aliphatic rings. The van der Waals surface area contributed by atoms with Gasteiger partial charge < -0.3 is 15.0 Å². The fraction of sp³-hybridized carbons (Fsp3) is 0.588. The van der Waals surface area contributed by atoms with E-state index in [9.17, 15) is 15.0 Å². The Morgan fingerprint density at radius 3 is 1.95 bits per heavy atom. The molecule has 21 heavy (non-hydrogen) atoms. The summed E-state index contributed by atoms with van der Waals surface area (Å²) < 4.78 is 0. The number of hydrogen-bond donors (Lipinski definition) is 1. The van der Waals surface area contributed by atoms with Crippen molar-refractivity contribution in [2.75, 3.05) is 0 Å². The summed E-state index contributed by atoms with van der Waals surface area (Å²) in [5.74, 6) is -1.45. The molecule has 3 nitrogen and oxygen atoms in total. The van der Waals surface area contributed by atoms with Gasteiger partial charge in [0.1, 0.15) is 5.60 Å². The summed E-state index contributed by atoms with van der Waals surface area (Å²) in [6.45, 7) is 11.8. The van der Waals surface area contributed by atoms with Crippen molar-refractivity contribution in [1.82, 2.24) is 0 Å². The Labute approximate surface area is 150 Å². The Bertz CT molecular complexity index is 497. The van der Waals surface area contributed by atoms with Crippen molar-refractivity contribution in [2.45, 2.75) is 59.0 Å². The first-order chi connectivity index (χ1) is 8.86. The van der Waals surface area contributed by atoms with Crippen LogP contribution >= 0.6 is 0 Å². The van der Waals surface area contributed by atoms with E-state index in [0.29, 0.717) is 5.56 Å². The van der Waals surface area contributed by atoms with Crippen LogP contribution in [0.1, 0.15) is 59.1 Å². The molecule has 0 aromatic heterocycles. The molecule has 1 aromatic rings. The van der Waals surface area contributed by atoms with Crippen LogP contribution in [0.25, 0.3) is 0 Å². The first kappa shape index (κ1) is 20.6. The molecule has 0 amide bonds. The Hall–Kier alpha value is -0.350. The third kappa shape index (κ3) is 5.41. The first-order valence-electron chi connectivity index (χ1n) is 6.91. The first-order valence-corrected chi connectivity index (χ1v) is 6.91. The molecule has 0 radical (unpaired) electrons. The van der Waals surface area contributed by atoms with Gasteiger partial charge in [0.25, 0.3) is 0 Å². The molecule has 1 rings (SSSR count). The number of carboxylic acids is 1. The van der Waals surface area contributed by atoms with E-state index >= 15 is 0 Å². The Morgan fingerprint density at radius 2 is 1.57 bits per heavy atom. The third-order valence-electron chi connectivity index (χ3n) is 3.33. The van der Waals surface area contributed by atoms with Crippen LogP contribution in [-0.4, -0.2) is 11.1 Å². The average Bonchev–Trinajstić information content (AvgIpc) is 2.25. The molecule has 1 unspecified atom stereocenters. The minimum Gasteiger partial charge on any atom is -0.547 e. The molecule has 0 spiro atoms. The van der Waals surface area contributed by atoms with Gasteiger partial charge in [-0.25, -0.2) is 0 Å². The van der Waals surface area contributed by atoms with Gasteiger partial charge in [-0.2, -0.15) is 0 Å². The Morgan fingerprint density at radius 1 is 1.10 bits per heavy atom. The number of carbonyl (C=O) groups excluding carboxylic acids is 1. The summed E-state index contributed by atoms with van der Waals surface area (Å²) in [4.78, 5) is 11.5. The van der Waals surface area contributed by atoms with Gasteiger partial charge in [-0.15, -0.1) is 0 Å². The van der Waals surface area contributed by atoms with Crippen molar-refractivity contribution in [3.63, 3.8) is 0 Å². The number of benzene rings is 1. The van der Waals surface area contributed by atoms with E-state index in [4.69, 9.17) is 0 Å². The van der Waals surface area contributed by atoms with Crippen LogP contribution in [0, 0.1) is 5.41 Å². The van der Waals surface area contributed by atoms with Gasteiger partial charge in [0.2, 0.25) is 0 Å². The largest absolute Gasteiger partial charge is 1.00 e. The normalized spacial score (nSPS) is 15.0. The van der Waals surface area contributed by atoms with Crippen molar-refractivity contribution in [2.24, 2.45) is 5.41 Å². The molecule has 0 aliphatic carbocycles. The second kappa shape index (κ2) is 6.82. The minimum absolute atomic E-state index is 0. The van der Waals surface area contributed by atoms with Crippen molar-refractivity contribution in [3.05, 3.63) is 35.4 Å². The zero-order valence-corrected chi connectivity index (χ0v) is 16.3. The molecular formula is C17H25NaO3. The summed E-state index contributed by atoms with van der Waals surface area (Å²) in [6.07, 6.45) is 0.107. The van der Waals surface area contributed by atoms with E-state index < -0.39 is 11.6 Å². The van der Waals surface area contributed by atoms with Gasteiger partial charge in [-0.05, 0) is 28.4 Å². The Kier molecular flexibility index (Phi) is 6.71. The maximum absolute atomic E-state index is 11.5. The maximum atomic E-state index is 11.5. The molecule has 1 N–H and O–H groups in total. The zero-order chi connectivity index (χ0) is 15.8. The zero-order valence-electron chi connectivity index (χ0n) is 14.3. The second-order valence-electron chi connectivity index (χ2n) is 7.72. The van der Waals surface area contributed by atoms with E-state index in [2.05, 4.69) is 0 Å². The van der Waals surface area contributed by atoms with E-state index in [1.165, 1.54) is 0 Å². The molecule has 112 valence electrons. The van der Waals surface area contributed by atoms with Crippen LogP contribution in [0.15, 0.2) is 24.3 Å². The molecule has 0 saturated heterocycles. The van der Waals surface area contributed by atoms with E-state index in [0.717, 1.165) is 5.56 Å². The molecule has 0 aliphatic heterocycles. The summed E-state index contributed by atoms with van der Waals surface area (Å²) in [7, 11) is 0. The third-order valence-corrected chi connectivity index (χ3v) is 3.33. The quantitative estimate of drug-likeness (QED) is 0.756. The maximum Gasteiger partial charge on any atom is 1.00 e. The van der Waals surface area contributed by atoms with E-state index in [1.54, 1.807) is 18.2 Å². The number of rotatable bonds is 3. The molecule has 0 heterocycles. The summed E-state index contributed by atoms with van der Waals surface area (Å²) >= 11 is 0. The molecule has 0 fully saturated rings. The van der Waals surface area contributed by atoms with Gasteiger partial charge in [-0.1, -0.05) is 65.8 Å². The van der Waals surface area contributed by atoms with Gasteiger partial charge in [0.05, 0.1) is 5.97 Å². The second-order valence-corrected chi connectivity index (χ2v) is 7.72. The van der Waals surface area contributed by atoms with Crippen LogP contribution in [0.4, 0.5) is 0 Å². The minimum atomic E-state index is -1.96. The molecule has 0 bridgehead atoms. The topological polar surface area (TPSA) is 60.4 Å². The fourth-order valence-corrected chi connectivity index (χ4v) is 2.30. The van der Waals surface area contributed by atoms with Crippen molar-refractivity contribution >= 4 is 5.97 Å². The SMILES string of the molecule is CC(C)(C)CC(O)(C(=O)[O-])c1cccc(C(C)(C)C)c1.[Na+]. The Balaban J connectivity index is 0.00000400. The van der Waals surface area contributed by atoms with Crippen molar-refractivity contribution in [1.29, 1.82) is 0 Å². The number of aliphatic carboxylic acids is 1.